The molecule has 0 aliphatic carbocycles. The lowest BCUT2D eigenvalue weighted by atomic mass is 10.2. The summed E-state index contributed by atoms with van der Waals surface area (Å²) in [6, 6.07) is 14.1. The summed E-state index contributed by atoms with van der Waals surface area (Å²) in [7, 11) is 3.16. The van der Waals surface area contributed by atoms with Gasteiger partial charge in [-0.2, -0.15) is 5.10 Å². The highest BCUT2D eigenvalue weighted by molar-refractivity contribution is 6.01. The summed E-state index contributed by atoms with van der Waals surface area (Å²) in [6.45, 7) is 2.09. The molecule has 7 nitrogen and oxygen atoms in total. The van der Waals surface area contributed by atoms with Crippen molar-refractivity contribution in [1.29, 1.82) is 0 Å². The maximum Gasteiger partial charge on any atom is 0.271 e. The standard InChI is InChI=1S/C20H23N3O4/c1-14(22-23-20(25)16-6-10-18(27-3)11-7-16)12-19(24)21-13-15-4-8-17(26-2)9-5-15/h4-11H,12-13H2,1-3H3,(H,21,24)(H,23,25)/b22-14-. The van der Waals surface area contributed by atoms with E-state index in [1.807, 2.05) is 24.3 Å². The lowest BCUT2D eigenvalue weighted by molar-refractivity contribution is -0.120. The van der Waals surface area contributed by atoms with E-state index in [1.54, 1.807) is 45.4 Å². The van der Waals surface area contributed by atoms with Crippen LogP contribution in [0.2, 0.25) is 0 Å². The molecular formula is C20H23N3O4. The summed E-state index contributed by atoms with van der Waals surface area (Å²) in [5.74, 6) is 0.904. The number of methoxy groups -OCH3 is 2. The Morgan fingerprint density at radius 1 is 0.926 bits per heavy atom. The van der Waals surface area contributed by atoms with Gasteiger partial charge >= 0.3 is 0 Å². The molecule has 0 atom stereocenters. The number of hydrogen-bond donors (Lipinski definition) is 2. The number of carbonyl (C=O) groups is 2. The van der Waals surface area contributed by atoms with Crippen LogP contribution in [0.25, 0.3) is 0 Å². The Hall–Kier alpha value is -3.35. The summed E-state index contributed by atoms with van der Waals surface area (Å²) < 4.78 is 10.1. The Kier molecular flexibility index (Phi) is 7.37. The van der Waals surface area contributed by atoms with Crippen molar-refractivity contribution in [2.45, 2.75) is 19.9 Å². The largest absolute Gasteiger partial charge is 0.497 e. The number of benzene rings is 2. The zero-order valence-corrected chi connectivity index (χ0v) is 15.6. The van der Waals surface area contributed by atoms with Crippen molar-refractivity contribution in [2.75, 3.05) is 14.2 Å². The molecule has 2 rings (SSSR count). The molecule has 0 heterocycles. The minimum Gasteiger partial charge on any atom is -0.497 e. The maximum atomic E-state index is 12.0. The number of nitrogens with zero attached hydrogens (tertiary/aromatic N) is 1. The van der Waals surface area contributed by atoms with Crippen molar-refractivity contribution >= 4 is 17.5 Å². The summed E-state index contributed by atoms with van der Waals surface area (Å²) >= 11 is 0. The molecule has 0 fully saturated rings. The van der Waals surface area contributed by atoms with Crippen molar-refractivity contribution in [3.63, 3.8) is 0 Å². The van der Waals surface area contributed by atoms with Gasteiger partial charge in [0.2, 0.25) is 5.91 Å². The van der Waals surface area contributed by atoms with Crippen LogP contribution in [0.3, 0.4) is 0 Å². The molecule has 0 aliphatic rings. The smallest absolute Gasteiger partial charge is 0.271 e. The minimum absolute atomic E-state index is 0.0963. The summed E-state index contributed by atoms with van der Waals surface area (Å²) in [5.41, 5.74) is 4.37. The van der Waals surface area contributed by atoms with Crippen molar-refractivity contribution in [3.05, 3.63) is 59.7 Å². The first kappa shape index (κ1) is 20.0. The van der Waals surface area contributed by atoms with Gasteiger partial charge in [-0.05, 0) is 48.9 Å². The second-order valence-electron chi connectivity index (χ2n) is 5.82. The molecule has 0 bridgehead atoms. The molecule has 0 radical (unpaired) electrons. The Bertz CT molecular complexity index is 799. The SMILES string of the molecule is COc1ccc(CNC(=O)C/C(C)=N\NC(=O)c2ccc(OC)cc2)cc1. The van der Waals surface area contributed by atoms with Crippen LogP contribution in [0.15, 0.2) is 53.6 Å². The quantitative estimate of drug-likeness (QED) is 0.553. The fraction of sp³-hybridized carbons (Fsp3) is 0.250. The Morgan fingerprint density at radius 2 is 1.48 bits per heavy atom. The number of hydrazone groups is 1. The highest BCUT2D eigenvalue weighted by Crippen LogP contribution is 2.12. The maximum absolute atomic E-state index is 12.0. The van der Waals surface area contributed by atoms with Gasteiger partial charge in [-0.1, -0.05) is 12.1 Å². The van der Waals surface area contributed by atoms with Gasteiger partial charge in [-0.15, -0.1) is 0 Å². The monoisotopic (exact) mass is 369 g/mol. The molecule has 2 N–H and O–H groups in total. The van der Waals surface area contributed by atoms with Crippen molar-refractivity contribution < 1.29 is 19.1 Å². The van der Waals surface area contributed by atoms with Crippen molar-refractivity contribution in [3.8, 4) is 11.5 Å². The molecule has 2 amide bonds. The Morgan fingerprint density at radius 3 is 2.04 bits per heavy atom. The normalized spacial score (nSPS) is 10.9. The lowest BCUT2D eigenvalue weighted by Gasteiger charge is -2.07. The van der Waals surface area contributed by atoms with Crippen LogP contribution < -0.4 is 20.2 Å². The van der Waals surface area contributed by atoms with Crippen LogP contribution in [-0.2, 0) is 11.3 Å². The fourth-order valence-corrected chi connectivity index (χ4v) is 2.23. The summed E-state index contributed by atoms with van der Waals surface area (Å²) in [5, 5.41) is 6.78. The number of amides is 2. The Labute approximate surface area is 158 Å². The number of carbonyl (C=O) groups excluding carboxylic acids is 2. The van der Waals surface area contributed by atoms with E-state index in [4.69, 9.17) is 9.47 Å². The van der Waals surface area contributed by atoms with E-state index in [1.165, 1.54) is 0 Å². The first-order chi connectivity index (χ1) is 13.0. The second-order valence-corrected chi connectivity index (χ2v) is 5.82. The highest BCUT2D eigenvalue weighted by atomic mass is 16.5. The first-order valence-corrected chi connectivity index (χ1v) is 8.39. The van der Waals surface area contributed by atoms with Crippen LogP contribution in [-0.4, -0.2) is 31.7 Å². The molecule has 7 heteroatoms. The summed E-state index contributed by atoms with van der Waals surface area (Å²) in [4.78, 5) is 24.0. The van der Waals surface area contributed by atoms with Crippen LogP contribution in [0.1, 0.15) is 29.3 Å². The third-order valence-corrected chi connectivity index (χ3v) is 3.77. The topological polar surface area (TPSA) is 89.0 Å². The molecule has 142 valence electrons. The van der Waals surface area contributed by atoms with E-state index in [2.05, 4.69) is 15.8 Å². The fourth-order valence-electron chi connectivity index (χ4n) is 2.23. The number of nitrogens with one attached hydrogen (secondary N) is 2. The number of rotatable bonds is 8. The average molecular weight is 369 g/mol. The van der Waals surface area contributed by atoms with Gasteiger partial charge in [0.15, 0.2) is 0 Å². The molecular weight excluding hydrogens is 346 g/mol. The molecule has 27 heavy (non-hydrogen) atoms. The van der Waals surface area contributed by atoms with Gasteiger partial charge in [-0.3, -0.25) is 9.59 Å². The van der Waals surface area contributed by atoms with E-state index in [0.717, 1.165) is 11.3 Å². The molecule has 2 aromatic rings. The molecule has 0 unspecified atom stereocenters. The lowest BCUT2D eigenvalue weighted by Crippen LogP contribution is -2.26. The van der Waals surface area contributed by atoms with Crippen molar-refractivity contribution in [1.82, 2.24) is 10.7 Å². The highest BCUT2D eigenvalue weighted by Gasteiger charge is 2.07. The molecule has 0 aromatic heterocycles. The minimum atomic E-state index is -0.351. The molecule has 0 saturated heterocycles. The third kappa shape index (κ3) is 6.47. The van der Waals surface area contributed by atoms with E-state index >= 15 is 0 Å². The molecule has 0 spiro atoms. The van der Waals surface area contributed by atoms with Gasteiger partial charge in [-0.25, -0.2) is 5.43 Å². The predicted octanol–water partition coefficient (Wildman–Crippen LogP) is 2.52. The van der Waals surface area contributed by atoms with E-state index < -0.39 is 0 Å². The number of ether oxygens (including phenoxy) is 2. The van der Waals surface area contributed by atoms with Gasteiger partial charge in [0.25, 0.3) is 5.91 Å². The van der Waals surface area contributed by atoms with Crippen LogP contribution >= 0.6 is 0 Å². The van der Waals surface area contributed by atoms with Gasteiger partial charge in [0.05, 0.1) is 20.6 Å². The van der Waals surface area contributed by atoms with Gasteiger partial charge in [0.1, 0.15) is 11.5 Å². The predicted molar refractivity (Wildman–Crippen MR) is 103 cm³/mol. The zero-order valence-electron chi connectivity index (χ0n) is 15.6. The van der Waals surface area contributed by atoms with E-state index in [-0.39, 0.29) is 18.2 Å². The van der Waals surface area contributed by atoms with E-state index in [9.17, 15) is 9.59 Å². The average Bonchev–Trinajstić information content (AvgIpc) is 2.71. The van der Waals surface area contributed by atoms with Crippen LogP contribution in [0, 0.1) is 0 Å². The number of hydrogen-bond acceptors (Lipinski definition) is 5. The zero-order chi connectivity index (χ0) is 19.6. The van der Waals surface area contributed by atoms with Gasteiger partial charge in [0, 0.05) is 17.8 Å². The van der Waals surface area contributed by atoms with Crippen LogP contribution in [0.4, 0.5) is 0 Å². The molecule has 2 aromatic carbocycles. The van der Waals surface area contributed by atoms with Crippen LogP contribution in [0.5, 0.6) is 11.5 Å². The Balaban J connectivity index is 1.79. The van der Waals surface area contributed by atoms with Crippen molar-refractivity contribution in [2.24, 2.45) is 5.10 Å². The van der Waals surface area contributed by atoms with E-state index in [0.29, 0.717) is 23.6 Å². The second kappa shape index (κ2) is 9.96. The molecule has 0 aliphatic heterocycles. The molecule has 0 saturated carbocycles. The summed E-state index contributed by atoms with van der Waals surface area (Å²) in [6.07, 6.45) is 0.0963. The van der Waals surface area contributed by atoms with Gasteiger partial charge < -0.3 is 14.8 Å². The third-order valence-electron chi connectivity index (χ3n) is 3.77. The first-order valence-electron chi connectivity index (χ1n) is 8.39.